The van der Waals surface area contributed by atoms with Crippen LogP contribution in [0.25, 0.3) is 0 Å². The summed E-state index contributed by atoms with van der Waals surface area (Å²) in [7, 11) is -3.84. The van der Waals surface area contributed by atoms with Gasteiger partial charge in [0, 0.05) is 6.07 Å². The molecule has 0 atom stereocenters. The molecule has 0 amide bonds. The van der Waals surface area contributed by atoms with Crippen molar-refractivity contribution in [2.45, 2.75) is 4.90 Å². The fourth-order valence-corrected chi connectivity index (χ4v) is 3.59. The molecule has 2 aromatic carbocycles. The van der Waals surface area contributed by atoms with Gasteiger partial charge in [0.15, 0.2) is 11.5 Å². The maximum atomic E-state index is 12.5. The van der Waals surface area contributed by atoms with Crippen molar-refractivity contribution in [2.75, 3.05) is 23.7 Å². The number of benzene rings is 2. The minimum Gasteiger partial charge on any atom is -0.486 e. The Morgan fingerprint density at radius 2 is 1.61 bits per heavy atom. The summed E-state index contributed by atoms with van der Waals surface area (Å²) < 4.78 is 38.1. The molecule has 1 aliphatic heterocycles. The van der Waals surface area contributed by atoms with Crippen molar-refractivity contribution >= 4 is 44.6 Å². The van der Waals surface area contributed by atoms with Gasteiger partial charge in [-0.15, -0.1) is 0 Å². The van der Waals surface area contributed by atoms with Gasteiger partial charge in [-0.05, 0) is 24.3 Å². The third kappa shape index (κ3) is 3.26. The summed E-state index contributed by atoms with van der Waals surface area (Å²) >= 11 is 11.8. The first-order valence-corrected chi connectivity index (χ1v) is 8.78. The Labute approximate surface area is 143 Å². The average Bonchev–Trinajstić information content (AvgIpc) is 2.51. The number of nitrogens with two attached hydrogens (primary N) is 1. The van der Waals surface area contributed by atoms with Crippen molar-refractivity contribution in [2.24, 2.45) is 0 Å². The second-order valence-electron chi connectivity index (χ2n) is 4.76. The molecule has 1 heterocycles. The smallest absolute Gasteiger partial charge is 0.262 e. The Morgan fingerprint density at radius 3 is 2.26 bits per heavy atom. The molecule has 0 spiro atoms. The first kappa shape index (κ1) is 16.0. The van der Waals surface area contributed by atoms with E-state index in [0.29, 0.717) is 24.7 Å². The monoisotopic (exact) mass is 374 g/mol. The molecule has 0 radical (unpaired) electrons. The maximum Gasteiger partial charge on any atom is 0.262 e. The van der Waals surface area contributed by atoms with Gasteiger partial charge in [-0.3, -0.25) is 4.72 Å². The van der Waals surface area contributed by atoms with Crippen LogP contribution in [0.3, 0.4) is 0 Å². The van der Waals surface area contributed by atoms with E-state index in [9.17, 15) is 8.42 Å². The molecule has 0 unspecified atom stereocenters. The van der Waals surface area contributed by atoms with Crippen LogP contribution in [0.4, 0.5) is 11.4 Å². The molecular formula is C14H12Cl2N2O4S. The molecule has 3 rings (SSSR count). The topological polar surface area (TPSA) is 90.7 Å². The van der Waals surface area contributed by atoms with Gasteiger partial charge < -0.3 is 15.2 Å². The minimum absolute atomic E-state index is 0.0332. The summed E-state index contributed by atoms with van der Waals surface area (Å²) in [5.41, 5.74) is 6.03. The highest BCUT2D eigenvalue weighted by atomic mass is 35.5. The third-order valence-electron chi connectivity index (χ3n) is 3.16. The predicted molar refractivity (Wildman–Crippen MR) is 89.1 cm³/mol. The first-order valence-electron chi connectivity index (χ1n) is 6.54. The van der Waals surface area contributed by atoms with E-state index < -0.39 is 10.0 Å². The standard InChI is InChI=1S/C14H12Cl2N2O4S/c15-10-5-8(6-11(16)14(10)17)18-23(19,20)9-1-2-12-13(7-9)22-4-3-21-12/h1-2,5-7,18H,3-4,17H2. The van der Waals surface area contributed by atoms with Crippen LogP contribution < -0.4 is 19.9 Å². The van der Waals surface area contributed by atoms with Crippen LogP contribution in [0, 0.1) is 0 Å². The second-order valence-corrected chi connectivity index (χ2v) is 7.26. The Bertz CT molecular complexity index is 848. The molecule has 0 saturated carbocycles. The van der Waals surface area contributed by atoms with Gasteiger partial charge in [-0.25, -0.2) is 8.42 Å². The average molecular weight is 375 g/mol. The number of hydrogen-bond acceptors (Lipinski definition) is 5. The van der Waals surface area contributed by atoms with Gasteiger partial charge >= 0.3 is 0 Å². The molecule has 23 heavy (non-hydrogen) atoms. The SMILES string of the molecule is Nc1c(Cl)cc(NS(=O)(=O)c2ccc3c(c2)OCCO3)cc1Cl. The molecule has 6 nitrogen and oxygen atoms in total. The summed E-state index contributed by atoms with van der Waals surface area (Å²) in [4.78, 5) is 0.0332. The van der Waals surface area contributed by atoms with Crippen molar-refractivity contribution < 1.29 is 17.9 Å². The third-order valence-corrected chi connectivity index (χ3v) is 5.16. The molecule has 122 valence electrons. The Kier molecular flexibility index (Phi) is 4.18. The fourth-order valence-electron chi connectivity index (χ4n) is 2.05. The summed E-state index contributed by atoms with van der Waals surface area (Å²) in [5, 5.41) is 0.328. The highest BCUT2D eigenvalue weighted by Gasteiger charge is 2.20. The van der Waals surface area contributed by atoms with Crippen LogP contribution in [0.15, 0.2) is 35.2 Å². The molecule has 1 aliphatic rings. The lowest BCUT2D eigenvalue weighted by Gasteiger charge is -2.19. The lowest BCUT2D eigenvalue weighted by Crippen LogP contribution is -2.17. The molecule has 9 heteroatoms. The predicted octanol–water partition coefficient (Wildman–Crippen LogP) is 3.15. The lowest BCUT2D eigenvalue weighted by molar-refractivity contribution is 0.171. The van der Waals surface area contributed by atoms with Gasteiger partial charge in [-0.1, -0.05) is 23.2 Å². The lowest BCUT2D eigenvalue weighted by atomic mass is 10.3. The van der Waals surface area contributed by atoms with E-state index in [0.717, 1.165) is 0 Å². The zero-order valence-electron chi connectivity index (χ0n) is 11.7. The van der Waals surface area contributed by atoms with E-state index in [1.807, 2.05) is 0 Å². The highest BCUT2D eigenvalue weighted by Crippen LogP contribution is 2.34. The van der Waals surface area contributed by atoms with Gasteiger partial charge in [0.05, 0.1) is 26.3 Å². The van der Waals surface area contributed by atoms with Gasteiger partial charge in [0.2, 0.25) is 0 Å². The molecule has 3 N–H and O–H groups in total. The van der Waals surface area contributed by atoms with Crippen molar-refractivity contribution in [3.63, 3.8) is 0 Å². The van der Waals surface area contributed by atoms with Gasteiger partial charge in [0.1, 0.15) is 13.2 Å². The van der Waals surface area contributed by atoms with E-state index in [2.05, 4.69) is 4.72 Å². The number of halogens is 2. The summed E-state index contributed by atoms with van der Waals surface area (Å²) in [5.74, 6) is 0.890. The van der Waals surface area contributed by atoms with Crippen LogP contribution in [0.2, 0.25) is 10.0 Å². The number of nitrogen functional groups attached to an aromatic ring is 1. The van der Waals surface area contributed by atoms with E-state index in [1.165, 1.54) is 24.3 Å². The Hall–Kier alpha value is -1.83. The number of nitrogens with one attached hydrogen (secondary N) is 1. The van der Waals surface area contributed by atoms with Crippen molar-refractivity contribution in [1.82, 2.24) is 0 Å². The van der Waals surface area contributed by atoms with Crippen molar-refractivity contribution in [3.05, 3.63) is 40.4 Å². The molecule has 0 aliphatic carbocycles. The van der Waals surface area contributed by atoms with Gasteiger partial charge in [0.25, 0.3) is 10.0 Å². The highest BCUT2D eigenvalue weighted by molar-refractivity contribution is 7.92. The van der Waals surface area contributed by atoms with Crippen molar-refractivity contribution in [1.29, 1.82) is 0 Å². The van der Waals surface area contributed by atoms with Gasteiger partial charge in [-0.2, -0.15) is 0 Å². The summed E-state index contributed by atoms with van der Waals surface area (Å²) in [6.07, 6.45) is 0. The number of ether oxygens (including phenoxy) is 2. The van der Waals surface area contributed by atoms with E-state index >= 15 is 0 Å². The van der Waals surface area contributed by atoms with Crippen LogP contribution in [-0.2, 0) is 10.0 Å². The van der Waals surface area contributed by atoms with Crippen molar-refractivity contribution in [3.8, 4) is 11.5 Å². The molecule has 0 fully saturated rings. The molecule has 0 bridgehead atoms. The fraction of sp³-hybridized carbons (Fsp3) is 0.143. The zero-order valence-corrected chi connectivity index (χ0v) is 14.0. The Morgan fingerprint density at radius 1 is 1.00 bits per heavy atom. The number of fused-ring (bicyclic) bond motifs is 1. The number of rotatable bonds is 3. The summed E-state index contributed by atoms with van der Waals surface area (Å²) in [6, 6.07) is 7.15. The molecule has 2 aromatic rings. The number of sulfonamides is 1. The first-order chi connectivity index (χ1) is 10.9. The quantitative estimate of drug-likeness (QED) is 0.805. The van der Waals surface area contributed by atoms with Crippen LogP contribution in [0.5, 0.6) is 11.5 Å². The van der Waals surface area contributed by atoms with E-state index in [-0.39, 0.29) is 26.3 Å². The number of anilines is 2. The largest absolute Gasteiger partial charge is 0.486 e. The molecule has 0 aromatic heterocycles. The molecular weight excluding hydrogens is 363 g/mol. The van der Waals surface area contributed by atoms with Crippen LogP contribution in [0.1, 0.15) is 0 Å². The molecule has 0 saturated heterocycles. The van der Waals surface area contributed by atoms with Crippen LogP contribution >= 0.6 is 23.2 Å². The normalized spacial score (nSPS) is 13.7. The zero-order chi connectivity index (χ0) is 16.6. The van der Waals surface area contributed by atoms with E-state index in [1.54, 1.807) is 6.07 Å². The van der Waals surface area contributed by atoms with Crippen LogP contribution in [-0.4, -0.2) is 21.6 Å². The number of hydrogen-bond donors (Lipinski definition) is 2. The minimum atomic E-state index is -3.84. The second kappa shape index (κ2) is 5.99. The maximum absolute atomic E-state index is 12.5. The van der Waals surface area contributed by atoms with E-state index in [4.69, 9.17) is 38.4 Å². The Balaban J connectivity index is 1.93. The summed E-state index contributed by atoms with van der Waals surface area (Å²) in [6.45, 7) is 0.799.